The monoisotopic (exact) mass is 397 g/mol. The first-order valence-corrected chi connectivity index (χ1v) is 7.87. The van der Waals surface area contributed by atoms with Crippen LogP contribution in [0.3, 0.4) is 0 Å². The minimum Gasteiger partial charge on any atom is -0.484 e. The number of hydrogen-bond acceptors (Lipinski definition) is 5. The number of halogens is 4. The molecule has 1 aromatic heterocycles. The molecular formula is C17H11ClF3N3O3. The third-order valence-corrected chi connectivity index (χ3v) is 3.72. The van der Waals surface area contributed by atoms with Crippen molar-refractivity contribution in [3.63, 3.8) is 0 Å². The zero-order valence-corrected chi connectivity index (χ0v) is 14.2. The van der Waals surface area contributed by atoms with Gasteiger partial charge >= 0.3 is 6.18 Å². The first kappa shape index (κ1) is 18.7. The lowest BCUT2D eigenvalue weighted by atomic mass is 10.2. The van der Waals surface area contributed by atoms with Crippen molar-refractivity contribution in [1.29, 1.82) is 0 Å². The highest BCUT2D eigenvalue weighted by molar-refractivity contribution is 6.31. The number of aromatic nitrogens is 2. The Labute approximate surface area is 155 Å². The molecule has 3 rings (SSSR count). The van der Waals surface area contributed by atoms with Crippen molar-refractivity contribution in [1.82, 2.24) is 10.2 Å². The Bertz CT molecular complexity index is 929. The summed E-state index contributed by atoms with van der Waals surface area (Å²) in [6.45, 7) is -0.385. The predicted molar refractivity (Wildman–Crippen MR) is 90.3 cm³/mol. The number of hydrogen-bond donors (Lipinski definition) is 1. The zero-order chi connectivity index (χ0) is 19.4. The Morgan fingerprint density at radius 1 is 1.19 bits per heavy atom. The first-order chi connectivity index (χ1) is 12.8. The van der Waals surface area contributed by atoms with E-state index in [-0.39, 0.29) is 12.3 Å². The van der Waals surface area contributed by atoms with E-state index < -0.39 is 22.7 Å². The van der Waals surface area contributed by atoms with Gasteiger partial charge < -0.3 is 14.5 Å². The standard InChI is InChI=1S/C17H11ClF3N3O3/c18-14-6-3-11(7-13(14)17(19,20)21)23-15(25)8-26-12-4-1-10(2-5-12)16-24-22-9-27-16/h1-7,9H,8H2,(H,23,25). The molecular weight excluding hydrogens is 387 g/mol. The van der Waals surface area contributed by atoms with Crippen molar-refractivity contribution in [2.45, 2.75) is 6.18 Å². The van der Waals surface area contributed by atoms with Gasteiger partial charge in [-0.25, -0.2) is 0 Å². The van der Waals surface area contributed by atoms with E-state index in [1.807, 2.05) is 0 Å². The number of carbonyl (C=O) groups excluding carboxylic acids is 1. The fourth-order valence-electron chi connectivity index (χ4n) is 2.16. The van der Waals surface area contributed by atoms with E-state index in [4.69, 9.17) is 20.8 Å². The molecule has 1 amide bonds. The van der Waals surface area contributed by atoms with Crippen LogP contribution < -0.4 is 10.1 Å². The summed E-state index contributed by atoms with van der Waals surface area (Å²) in [5.41, 5.74) is -0.392. The minimum absolute atomic E-state index is 0.0351. The van der Waals surface area contributed by atoms with Crippen molar-refractivity contribution in [2.75, 3.05) is 11.9 Å². The Morgan fingerprint density at radius 2 is 1.93 bits per heavy atom. The van der Waals surface area contributed by atoms with Crippen LogP contribution in [-0.2, 0) is 11.0 Å². The van der Waals surface area contributed by atoms with Crippen molar-refractivity contribution < 1.29 is 27.1 Å². The van der Waals surface area contributed by atoms with Crippen LogP contribution in [0, 0.1) is 0 Å². The predicted octanol–water partition coefficient (Wildman–Crippen LogP) is 4.43. The average molecular weight is 398 g/mol. The summed E-state index contributed by atoms with van der Waals surface area (Å²) in [5.74, 6) is 0.106. The van der Waals surface area contributed by atoms with Crippen molar-refractivity contribution in [2.24, 2.45) is 0 Å². The summed E-state index contributed by atoms with van der Waals surface area (Å²) in [5, 5.41) is 9.21. The van der Waals surface area contributed by atoms with Gasteiger partial charge in [0.1, 0.15) is 5.75 Å². The molecule has 0 saturated carbocycles. The van der Waals surface area contributed by atoms with Gasteiger partial charge in [-0.1, -0.05) is 11.6 Å². The molecule has 27 heavy (non-hydrogen) atoms. The summed E-state index contributed by atoms with van der Waals surface area (Å²) in [7, 11) is 0. The lowest BCUT2D eigenvalue weighted by Crippen LogP contribution is -2.20. The number of rotatable bonds is 5. The molecule has 0 fully saturated rings. The molecule has 6 nitrogen and oxygen atoms in total. The fraction of sp³-hybridized carbons (Fsp3) is 0.118. The van der Waals surface area contributed by atoms with Crippen molar-refractivity contribution >= 4 is 23.2 Å². The molecule has 3 aromatic rings. The average Bonchev–Trinajstić information content (AvgIpc) is 3.16. The number of alkyl halides is 3. The molecule has 0 bridgehead atoms. The molecule has 0 aliphatic carbocycles. The molecule has 140 valence electrons. The summed E-state index contributed by atoms with van der Waals surface area (Å²) in [6, 6.07) is 9.62. The van der Waals surface area contributed by atoms with Crippen LogP contribution in [-0.4, -0.2) is 22.7 Å². The summed E-state index contributed by atoms with van der Waals surface area (Å²) >= 11 is 5.54. The number of amides is 1. The highest BCUT2D eigenvalue weighted by Crippen LogP contribution is 2.36. The number of anilines is 1. The maximum atomic E-state index is 12.8. The third-order valence-electron chi connectivity index (χ3n) is 3.39. The molecule has 0 spiro atoms. The molecule has 2 aromatic carbocycles. The van der Waals surface area contributed by atoms with Gasteiger partial charge in [0.15, 0.2) is 6.61 Å². The van der Waals surface area contributed by atoms with E-state index in [1.165, 1.54) is 12.5 Å². The number of nitrogens with zero attached hydrogens (tertiary/aromatic N) is 2. The number of benzene rings is 2. The van der Waals surface area contributed by atoms with E-state index >= 15 is 0 Å². The Kier molecular flexibility index (Phi) is 5.31. The van der Waals surface area contributed by atoms with E-state index in [2.05, 4.69) is 15.5 Å². The molecule has 0 radical (unpaired) electrons. The van der Waals surface area contributed by atoms with Crippen LogP contribution in [0.1, 0.15) is 5.56 Å². The van der Waals surface area contributed by atoms with Gasteiger partial charge in [-0.05, 0) is 42.5 Å². The number of nitrogens with one attached hydrogen (secondary N) is 1. The van der Waals surface area contributed by atoms with Crippen LogP contribution in [0.25, 0.3) is 11.5 Å². The van der Waals surface area contributed by atoms with Crippen molar-refractivity contribution in [3.8, 4) is 17.2 Å². The summed E-state index contributed by atoms with van der Waals surface area (Å²) in [6.07, 6.45) is -3.42. The maximum absolute atomic E-state index is 12.8. The number of carbonyl (C=O) groups is 1. The highest BCUT2D eigenvalue weighted by Gasteiger charge is 2.33. The van der Waals surface area contributed by atoms with E-state index in [0.29, 0.717) is 17.2 Å². The molecule has 1 heterocycles. The number of ether oxygens (including phenoxy) is 1. The van der Waals surface area contributed by atoms with E-state index in [0.717, 1.165) is 12.1 Å². The Morgan fingerprint density at radius 3 is 2.56 bits per heavy atom. The van der Waals surface area contributed by atoms with Crippen LogP contribution in [0.4, 0.5) is 18.9 Å². The zero-order valence-electron chi connectivity index (χ0n) is 13.5. The lowest BCUT2D eigenvalue weighted by Gasteiger charge is -2.12. The van der Waals surface area contributed by atoms with Crippen LogP contribution in [0.15, 0.2) is 53.3 Å². The molecule has 10 heteroatoms. The van der Waals surface area contributed by atoms with Crippen molar-refractivity contribution in [3.05, 3.63) is 59.4 Å². The van der Waals surface area contributed by atoms with E-state index in [9.17, 15) is 18.0 Å². The van der Waals surface area contributed by atoms with Crippen LogP contribution in [0.5, 0.6) is 5.75 Å². The fourth-order valence-corrected chi connectivity index (χ4v) is 2.38. The van der Waals surface area contributed by atoms with Crippen LogP contribution >= 0.6 is 11.6 Å². The second-order valence-corrected chi connectivity index (χ2v) is 5.70. The summed E-state index contributed by atoms with van der Waals surface area (Å²) < 4.78 is 48.9. The molecule has 0 unspecified atom stereocenters. The van der Waals surface area contributed by atoms with Crippen LogP contribution in [0.2, 0.25) is 5.02 Å². The smallest absolute Gasteiger partial charge is 0.417 e. The molecule has 0 aliphatic heterocycles. The largest absolute Gasteiger partial charge is 0.484 e. The van der Waals surface area contributed by atoms with Gasteiger partial charge in [-0.15, -0.1) is 10.2 Å². The van der Waals surface area contributed by atoms with Gasteiger partial charge in [0.25, 0.3) is 5.91 Å². The minimum atomic E-state index is -4.62. The Balaban J connectivity index is 1.58. The van der Waals surface area contributed by atoms with Gasteiger partial charge in [-0.2, -0.15) is 13.2 Å². The molecule has 0 atom stereocenters. The third kappa shape index (κ3) is 4.76. The first-order valence-electron chi connectivity index (χ1n) is 7.49. The van der Waals surface area contributed by atoms with Gasteiger partial charge in [0, 0.05) is 11.3 Å². The maximum Gasteiger partial charge on any atom is 0.417 e. The molecule has 0 aliphatic rings. The summed E-state index contributed by atoms with van der Waals surface area (Å²) in [4.78, 5) is 11.9. The Hall–Kier alpha value is -3.07. The van der Waals surface area contributed by atoms with Gasteiger partial charge in [0.05, 0.1) is 10.6 Å². The van der Waals surface area contributed by atoms with E-state index in [1.54, 1.807) is 24.3 Å². The second kappa shape index (κ2) is 7.67. The molecule has 1 N–H and O–H groups in total. The molecule has 0 saturated heterocycles. The van der Waals surface area contributed by atoms with Gasteiger partial charge in [0.2, 0.25) is 12.3 Å². The quantitative estimate of drug-likeness (QED) is 0.689. The SMILES string of the molecule is O=C(COc1ccc(-c2nnco2)cc1)Nc1ccc(Cl)c(C(F)(F)F)c1. The second-order valence-electron chi connectivity index (χ2n) is 5.30. The normalized spacial score (nSPS) is 11.3. The lowest BCUT2D eigenvalue weighted by molar-refractivity contribution is -0.137. The topological polar surface area (TPSA) is 77.2 Å². The van der Waals surface area contributed by atoms with Gasteiger partial charge in [-0.3, -0.25) is 4.79 Å². The highest BCUT2D eigenvalue weighted by atomic mass is 35.5.